The Morgan fingerprint density at radius 3 is 0.966 bits per heavy atom. The van der Waals surface area contributed by atoms with Crippen LogP contribution in [0.5, 0.6) is 0 Å². The maximum Gasteiger partial charge on any atom is 0.338 e. The lowest BCUT2D eigenvalue weighted by Gasteiger charge is -2.17. The van der Waals surface area contributed by atoms with Gasteiger partial charge in [0.15, 0.2) is 11.6 Å². The molecule has 12 heteroatoms. The lowest BCUT2D eigenvalue weighted by molar-refractivity contribution is 0.0464. The summed E-state index contributed by atoms with van der Waals surface area (Å²) in [6.07, 6.45) is 0. The van der Waals surface area contributed by atoms with Gasteiger partial charge in [-0.3, -0.25) is 4.57 Å². The normalized spacial score (nSPS) is 11.5. The van der Waals surface area contributed by atoms with Crippen molar-refractivity contribution in [3.8, 4) is 40.1 Å². The number of aromatic nitrogens is 6. The summed E-state index contributed by atoms with van der Waals surface area (Å²) < 4.78 is 23.9. The number of hydrogen-bond donors (Lipinski definition) is 0. The topological polar surface area (TPSA) is 132 Å². The molecule has 0 N–H and O–H groups in total. The fourth-order valence-corrected chi connectivity index (χ4v) is 11.9. The van der Waals surface area contributed by atoms with E-state index in [0.717, 1.165) is 93.5 Å². The SMILES string of the molecule is O=C(OCc1ccccc1)c1ccc2c(c1)c1ccccc1n2-c1nc(-c2ccccc2-n2c3ccccc3c3cc(C(=O)OCc4ccccc4)ccc32)nc(-c2ccccc2-n2c3ccccc3c3cc(C(=O)OCc4ccccc4)ccc32)n1. The van der Waals surface area contributed by atoms with E-state index < -0.39 is 17.9 Å². The maximum atomic E-state index is 13.8. The van der Waals surface area contributed by atoms with E-state index in [2.05, 4.69) is 45.5 Å². The molecule has 12 nitrogen and oxygen atoms in total. The molecule has 0 bridgehead atoms. The van der Waals surface area contributed by atoms with Crippen LogP contribution in [-0.4, -0.2) is 46.6 Å². The first-order valence-corrected chi connectivity index (χ1v) is 28.6. The molecule has 0 saturated heterocycles. The highest BCUT2D eigenvalue weighted by atomic mass is 16.5. The number of para-hydroxylation sites is 5. The van der Waals surface area contributed by atoms with Gasteiger partial charge in [0, 0.05) is 43.4 Å². The molecular formula is C75H50N6O6. The Balaban J connectivity index is 0.907. The predicted octanol–water partition coefficient (Wildman–Crippen LogP) is 16.6. The van der Waals surface area contributed by atoms with Crippen molar-refractivity contribution < 1.29 is 28.6 Å². The van der Waals surface area contributed by atoms with Crippen molar-refractivity contribution in [2.24, 2.45) is 0 Å². The van der Waals surface area contributed by atoms with Crippen LogP contribution in [-0.2, 0) is 34.0 Å². The maximum absolute atomic E-state index is 13.8. The van der Waals surface area contributed by atoms with Crippen LogP contribution in [0.25, 0.3) is 106 Å². The first-order valence-electron chi connectivity index (χ1n) is 28.6. The van der Waals surface area contributed by atoms with E-state index >= 15 is 0 Å². The highest BCUT2D eigenvalue weighted by molar-refractivity contribution is 6.14. The number of rotatable bonds is 14. The van der Waals surface area contributed by atoms with E-state index in [4.69, 9.17) is 29.2 Å². The average molecular weight is 1130 g/mol. The quantitative estimate of drug-likeness (QED) is 0.0771. The number of carbonyl (C=O) groups excluding carboxylic acids is 3. The van der Waals surface area contributed by atoms with E-state index in [1.807, 2.05) is 229 Å². The molecule has 0 spiro atoms. The Labute approximate surface area is 498 Å². The Bertz CT molecular complexity index is 4950. The molecule has 0 aliphatic rings. The van der Waals surface area contributed by atoms with Crippen molar-refractivity contribution in [1.82, 2.24) is 28.7 Å². The number of benzene rings is 11. The van der Waals surface area contributed by atoms with Gasteiger partial charge in [-0.15, -0.1) is 0 Å². The number of esters is 3. The van der Waals surface area contributed by atoms with Gasteiger partial charge in [0.2, 0.25) is 5.95 Å². The highest BCUT2D eigenvalue weighted by Gasteiger charge is 2.25. The number of carbonyl (C=O) groups is 3. The van der Waals surface area contributed by atoms with Crippen molar-refractivity contribution in [2.75, 3.05) is 0 Å². The van der Waals surface area contributed by atoms with Crippen molar-refractivity contribution in [2.45, 2.75) is 19.8 Å². The molecule has 416 valence electrons. The second-order valence-corrected chi connectivity index (χ2v) is 21.3. The molecule has 0 atom stereocenters. The lowest BCUT2D eigenvalue weighted by Crippen LogP contribution is -2.09. The number of fused-ring (bicyclic) bond motifs is 9. The fraction of sp³-hybridized carbons (Fsp3) is 0.0400. The van der Waals surface area contributed by atoms with Gasteiger partial charge in [0.25, 0.3) is 0 Å². The molecule has 15 rings (SSSR count). The molecule has 87 heavy (non-hydrogen) atoms. The molecular weight excluding hydrogens is 1080 g/mol. The summed E-state index contributed by atoms with van der Waals surface area (Å²) in [6, 6.07) is 86.3. The average Bonchev–Trinajstić information content (AvgIpc) is 1.82. The Morgan fingerprint density at radius 1 is 0.287 bits per heavy atom. The second-order valence-electron chi connectivity index (χ2n) is 21.3. The Morgan fingerprint density at radius 2 is 0.586 bits per heavy atom. The van der Waals surface area contributed by atoms with Gasteiger partial charge in [-0.25, -0.2) is 19.4 Å². The summed E-state index contributed by atoms with van der Waals surface area (Å²) >= 11 is 0. The molecule has 4 heterocycles. The monoisotopic (exact) mass is 1130 g/mol. The molecule has 0 fully saturated rings. The Kier molecular flexibility index (Phi) is 13.2. The van der Waals surface area contributed by atoms with E-state index in [0.29, 0.717) is 45.4 Å². The zero-order chi connectivity index (χ0) is 58.4. The summed E-state index contributed by atoms with van der Waals surface area (Å²) in [5.74, 6) is -0.160. The predicted molar refractivity (Wildman–Crippen MR) is 340 cm³/mol. The van der Waals surface area contributed by atoms with Crippen LogP contribution in [0.4, 0.5) is 0 Å². The second kappa shape index (κ2) is 22.1. The third kappa shape index (κ3) is 9.57. The molecule has 11 aromatic carbocycles. The van der Waals surface area contributed by atoms with Crippen LogP contribution in [0, 0.1) is 0 Å². The van der Waals surface area contributed by atoms with Crippen molar-refractivity contribution in [3.05, 3.63) is 300 Å². The smallest absolute Gasteiger partial charge is 0.338 e. The zero-order valence-electron chi connectivity index (χ0n) is 46.7. The van der Waals surface area contributed by atoms with Crippen molar-refractivity contribution in [1.29, 1.82) is 0 Å². The van der Waals surface area contributed by atoms with Gasteiger partial charge in [-0.2, -0.15) is 9.97 Å². The molecule has 0 saturated carbocycles. The number of ether oxygens (including phenoxy) is 3. The van der Waals surface area contributed by atoms with Gasteiger partial charge in [-0.05, 0) is 114 Å². The minimum atomic E-state index is -0.441. The van der Waals surface area contributed by atoms with Gasteiger partial charge in [0.1, 0.15) is 19.8 Å². The van der Waals surface area contributed by atoms with Crippen LogP contribution < -0.4 is 0 Å². The lowest BCUT2D eigenvalue weighted by atomic mass is 10.1. The van der Waals surface area contributed by atoms with Crippen LogP contribution in [0.15, 0.2) is 267 Å². The standard InChI is InChI=1S/C75H50N6O6/c82-72(85-45-48-20-4-1-5-21-48)51-36-39-67-59(42-51)54-26-10-15-31-62(54)79(67)65-34-18-13-29-57(65)70-76-71(78-75(77-70)81-64-33-17-12-28-56(64)61-44-53(38-41-69(61)81)74(84)87-47-50-24-8-3-9-25-50)58-30-14-19-35-66(58)80-63-32-16-11-27-55(63)60-43-52(37-40-68(60)80)73(83)86-46-49-22-6-2-7-23-49/h1-44H,45-47H2. The summed E-state index contributed by atoms with van der Waals surface area (Å²) in [7, 11) is 0. The fourth-order valence-electron chi connectivity index (χ4n) is 11.9. The van der Waals surface area contributed by atoms with Gasteiger partial charge < -0.3 is 23.3 Å². The minimum Gasteiger partial charge on any atom is -0.457 e. The Hall–Kier alpha value is -11.8. The van der Waals surface area contributed by atoms with Crippen molar-refractivity contribution in [3.63, 3.8) is 0 Å². The third-order valence-electron chi connectivity index (χ3n) is 16.0. The van der Waals surface area contributed by atoms with Crippen LogP contribution >= 0.6 is 0 Å². The molecule has 15 aromatic rings. The largest absolute Gasteiger partial charge is 0.457 e. The molecule has 0 aliphatic heterocycles. The van der Waals surface area contributed by atoms with E-state index in [1.165, 1.54) is 0 Å². The summed E-state index contributed by atoms with van der Waals surface area (Å²) in [6.45, 7) is 0.442. The number of hydrogen-bond acceptors (Lipinski definition) is 9. The summed E-state index contributed by atoms with van der Waals surface area (Å²) in [4.78, 5) is 57.7. The zero-order valence-corrected chi connectivity index (χ0v) is 46.7. The van der Waals surface area contributed by atoms with Crippen LogP contribution in [0.3, 0.4) is 0 Å². The molecule has 0 amide bonds. The molecule has 0 radical (unpaired) electrons. The van der Waals surface area contributed by atoms with Gasteiger partial charge in [-0.1, -0.05) is 170 Å². The first kappa shape index (κ1) is 52.1. The molecule has 4 aromatic heterocycles. The summed E-state index contributed by atoms with van der Waals surface area (Å²) in [5.41, 5.74) is 12.1. The molecule has 0 unspecified atom stereocenters. The minimum absolute atomic E-state index is 0.137. The van der Waals surface area contributed by atoms with E-state index in [9.17, 15) is 14.4 Å². The summed E-state index contributed by atoms with van der Waals surface area (Å²) in [5, 5.41) is 5.33. The third-order valence-corrected chi connectivity index (χ3v) is 16.0. The van der Waals surface area contributed by atoms with E-state index in [-0.39, 0.29) is 19.8 Å². The van der Waals surface area contributed by atoms with Crippen LogP contribution in [0.1, 0.15) is 47.8 Å². The van der Waals surface area contributed by atoms with Gasteiger partial charge in [0.05, 0.1) is 61.2 Å². The van der Waals surface area contributed by atoms with Crippen molar-refractivity contribution >= 4 is 83.3 Å². The first-order chi connectivity index (χ1) is 42.9. The van der Waals surface area contributed by atoms with Crippen LogP contribution in [0.2, 0.25) is 0 Å². The number of nitrogens with zero attached hydrogens (tertiary/aromatic N) is 6. The molecule has 0 aliphatic carbocycles. The highest BCUT2D eigenvalue weighted by Crippen LogP contribution is 2.40. The van der Waals surface area contributed by atoms with E-state index in [1.54, 1.807) is 6.07 Å². The van der Waals surface area contributed by atoms with Gasteiger partial charge >= 0.3 is 17.9 Å².